The van der Waals surface area contributed by atoms with Crippen molar-refractivity contribution in [3.63, 3.8) is 0 Å². The Hall–Kier alpha value is -2.83. The van der Waals surface area contributed by atoms with Crippen molar-refractivity contribution >= 4 is 17.2 Å². The van der Waals surface area contributed by atoms with Crippen LogP contribution in [-0.4, -0.2) is 18.7 Å². The van der Waals surface area contributed by atoms with E-state index in [2.05, 4.69) is 34.2 Å². The summed E-state index contributed by atoms with van der Waals surface area (Å²) in [5.41, 5.74) is 2.11. The number of benzene rings is 2. The van der Waals surface area contributed by atoms with Gasteiger partial charge in [0.05, 0.1) is 12.1 Å². The fourth-order valence-electron chi connectivity index (χ4n) is 3.16. The summed E-state index contributed by atoms with van der Waals surface area (Å²) in [6, 6.07) is 19.6. The van der Waals surface area contributed by atoms with E-state index >= 15 is 0 Å². The average Bonchev–Trinajstić information content (AvgIpc) is 3.42. The van der Waals surface area contributed by atoms with E-state index in [4.69, 9.17) is 9.47 Å². The number of carbonyl (C=O) groups excluding carboxylic acids is 1. The molecular formula is C22H22N2O3S. The first-order chi connectivity index (χ1) is 13.7. The number of thiophene rings is 1. The van der Waals surface area contributed by atoms with E-state index in [-0.39, 0.29) is 24.8 Å². The molecule has 2 atom stereocenters. The van der Waals surface area contributed by atoms with E-state index in [0.717, 1.165) is 22.6 Å². The molecule has 1 aliphatic rings. The molecule has 4 rings (SSSR count). The lowest BCUT2D eigenvalue weighted by molar-refractivity contribution is -0.123. The van der Waals surface area contributed by atoms with Crippen LogP contribution < -0.4 is 20.1 Å². The topological polar surface area (TPSA) is 59.6 Å². The lowest BCUT2D eigenvalue weighted by atomic mass is 10.0. The van der Waals surface area contributed by atoms with Crippen molar-refractivity contribution in [2.75, 3.05) is 6.79 Å². The molecule has 6 heteroatoms. The van der Waals surface area contributed by atoms with Crippen LogP contribution in [0.4, 0.5) is 0 Å². The Balaban J connectivity index is 1.40. The molecule has 1 aliphatic heterocycles. The summed E-state index contributed by atoms with van der Waals surface area (Å²) in [5.74, 6) is 1.42. The number of ether oxygens (including phenoxy) is 2. The van der Waals surface area contributed by atoms with E-state index in [0.29, 0.717) is 6.54 Å². The summed E-state index contributed by atoms with van der Waals surface area (Å²) in [5, 5.41) is 8.52. The third-order valence-electron chi connectivity index (χ3n) is 4.67. The van der Waals surface area contributed by atoms with Crippen LogP contribution in [0.5, 0.6) is 11.5 Å². The second-order valence-electron chi connectivity index (χ2n) is 6.65. The molecular weight excluding hydrogens is 372 g/mol. The summed E-state index contributed by atoms with van der Waals surface area (Å²) in [6.45, 7) is 2.57. The number of rotatable bonds is 7. The van der Waals surface area contributed by atoms with Gasteiger partial charge in [-0.3, -0.25) is 10.1 Å². The second-order valence-corrected chi connectivity index (χ2v) is 7.63. The van der Waals surface area contributed by atoms with Crippen molar-refractivity contribution in [2.45, 2.75) is 25.6 Å². The summed E-state index contributed by atoms with van der Waals surface area (Å²) in [7, 11) is 0. The molecule has 0 bridgehead atoms. The Bertz CT molecular complexity index is 928. The Kier molecular flexibility index (Phi) is 5.60. The van der Waals surface area contributed by atoms with Crippen molar-refractivity contribution in [1.82, 2.24) is 10.6 Å². The lowest BCUT2D eigenvalue weighted by Crippen LogP contribution is -2.43. The first-order valence-corrected chi connectivity index (χ1v) is 10.1. The Morgan fingerprint density at radius 3 is 2.68 bits per heavy atom. The third kappa shape index (κ3) is 4.18. The van der Waals surface area contributed by atoms with Gasteiger partial charge in [0.25, 0.3) is 0 Å². The molecule has 0 saturated heterocycles. The van der Waals surface area contributed by atoms with Crippen molar-refractivity contribution in [2.24, 2.45) is 0 Å². The van der Waals surface area contributed by atoms with Gasteiger partial charge in [0.15, 0.2) is 11.5 Å². The highest BCUT2D eigenvalue weighted by Gasteiger charge is 2.21. The quantitative estimate of drug-likeness (QED) is 0.639. The van der Waals surface area contributed by atoms with Gasteiger partial charge in [0.1, 0.15) is 0 Å². The number of carbonyl (C=O) groups is 1. The third-order valence-corrected chi connectivity index (χ3v) is 5.61. The van der Waals surface area contributed by atoms with Crippen molar-refractivity contribution < 1.29 is 14.3 Å². The molecule has 0 spiro atoms. The molecule has 3 aromatic rings. The number of amides is 1. The predicted octanol–water partition coefficient (Wildman–Crippen LogP) is 3.86. The van der Waals surface area contributed by atoms with Crippen LogP contribution in [0.25, 0.3) is 0 Å². The van der Waals surface area contributed by atoms with Crippen LogP contribution >= 0.6 is 11.3 Å². The first-order valence-electron chi connectivity index (χ1n) is 9.21. The molecule has 0 unspecified atom stereocenters. The normalized spacial score (nSPS) is 14.5. The molecule has 2 heterocycles. The molecule has 0 saturated carbocycles. The van der Waals surface area contributed by atoms with Gasteiger partial charge >= 0.3 is 0 Å². The van der Waals surface area contributed by atoms with Crippen LogP contribution in [0, 0.1) is 0 Å². The fourth-order valence-corrected chi connectivity index (χ4v) is 3.97. The second kappa shape index (κ2) is 8.46. The van der Waals surface area contributed by atoms with Crippen molar-refractivity contribution in [3.8, 4) is 11.5 Å². The lowest BCUT2D eigenvalue weighted by Gasteiger charge is -2.22. The van der Waals surface area contributed by atoms with Crippen LogP contribution in [0.1, 0.15) is 29.0 Å². The Morgan fingerprint density at radius 1 is 1.07 bits per heavy atom. The summed E-state index contributed by atoms with van der Waals surface area (Å²) >= 11 is 1.68. The molecule has 0 aliphatic carbocycles. The highest BCUT2D eigenvalue weighted by molar-refractivity contribution is 7.10. The highest BCUT2D eigenvalue weighted by atomic mass is 32.1. The maximum atomic E-state index is 12.7. The van der Waals surface area contributed by atoms with E-state index in [1.54, 1.807) is 11.3 Å². The van der Waals surface area contributed by atoms with E-state index in [9.17, 15) is 4.79 Å². The highest BCUT2D eigenvalue weighted by Crippen LogP contribution is 2.32. The van der Waals surface area contributed by atoms with Gasteiger partial charge < -0.3 is 14.8 Å². The molecule has 28 heavy (non-hydrogen) atoms. The summed E-state index contributed by atoms with van der Waals surface area (Å²) < 4.78 is 10.7. The Morgan fingerprint density at radius 2 is 1.89 bits per heavy atom. The van der Waals surface area contributed by atoms with Gasteiger partial charge in [0, 0.05) is 11.4 Å². The summed E-state index contributed by atoms with van der Waals surface area (Å²) in [4.78, 5) is 13.8. The molecule has 2 N–H and O–H groups in total. The monoisotopic (exact) mass is 394 g/mol. The standard InChI is InChI=1S/C22H22N2O3S/c1-15(22(25)23-13-16-9-10-18-19(12-16)27-14-26-18)24-21(20-8-5-11-28-20)17-6-3-2-4-7-17/h2-12,15,21,24H,13-14H2,1H3,(H,23,25)/t15-,21+/m0/s1. The molecule has 1 aromatic heterocycles. The molecule has 0 radical (unpaired) electrons. The number of nitrogens with one attached hydrogen (secondary N) is 2. The zero-order valence-electron chi connectivity index (χ0n) is 15.6. The largest absolute Gasteiger partial charge is 0.454 e. The number of fused-ring (bicyclic) bond motifs is 1. The smallest absolute Gasteiger partial charge is 0.237 e. The minimum Gasteiger partial charge on any atom is -0.454 e. The minimum atomic E-state index is -0.346. The number of hydrogen-bond donors (Lipinski definition) is 2. The molecule has 1 amide bonds. The van der Waals surface area contributed by atoms with Gasteiger partial charge in [-0.25, -0.2) is 0 Å². The van der Waals surface area contributed by atoms with Crippen molar-refractivity contribution in [3.05, 3.63) is 82.0 Å². The van der Waals surface area contributed by atoms with E-state index in [1.165, 1.54) is 4.88 Å². The maximum Gasteiger partial charge on any atom is 0.237 e. The summed E-state index contributed by atoms with van der Waals surface area (Å²) in [6.07, 6.45) is 0. The van der Waals surface area contributed by atoms with E-state index < -0.39 is 0 Å². The van der Waals surface area contributed by atoms with Crippen LogP contribution in [0.3, 0.4) is 0 Å². The van der Waals surface area contributed by atoms with Gasteiger partial charge in [-0.05, 0) is 41.6 Å². The molecule has 2 aromatic carbocycles. The molecule has 5 nitrogen and oxygen atoms in total. The van der Waals surface area contributed by atoms with Crippen molar-refractivity contribution in [1.29, 1.82) is 0 Å². The minimum absolute atomic E-state index is 0.0208. The molecule has 144 valence electrons. The fraction of sp³-hybridized carbons (Fsp3) is 0.227. The zero-order valence-corrected chi connectivity index (χ0v) is 16.4. The van der Waals surface area contributed by atoms with Gasteiger partial charge in [-0.15, -0.1) is 11.3 Å². The number of hydrogen-bond acceptors (Lipinski definition) is 5. The Labute approximate surface area is 168 Å². The van der Waals surface area contributed by atoms with Gasteiger partial charge in [-0.1, -0.05) is 42.5 Å². The zero-order chi connectivity index (χ0) is 19.3. The van der Waals surface area contributed by atoms with Gasteiger partial charge in [0.2, 0.25) is 12.7 Å². The van der Waals surface area contributed by atoms with Crippen LogP contribution in [-0.2, 0) is 11.3 Å². The van der Waals surface area contributed by atoms with Crippen LogP contribution in [0.2, 0.25) is 0 Å². The SMILES string of the molecule is C[C@H](N[C@H](c1ccccc1)c1cccs1)C(=O)NCc1ccc2c(c1)OCO2. The predicted molar refractivity (Wildman–Crippen MR) is 110 cm³/mol. The molecule has 0 fully saturated rings. The van der Waals surface area contributed by atoms with Gasteiger partial charge in [-0.2, -0.15) is 0 Å². The first kappa shape index (κ1) is 18.5. The maximum absolute atomic E-state index is 12.7. The van der Waals surface area contributed by atoms with Crippen LogP contribution in [0.15, 0.2) is 66.0 Å². The average molecular weight is 394 g/mol. The van der Waals surface area contributed by atoms with E-state index in [1.807, 2.05) is 49.4 Å².